The summed E-state index contributed by atoms with van der Waals surface area (Å²) in [5, 5.41) is 3.45. The number of nitrogens with zero attached hydrogens (tertiary/aromatic N) is 1. The Hall–Kier alpha value is -0.0900. The molecule has 1 saturated heterocycles. The molecular formula is C16H26BrClN2. The van der Waals surface area contributed by atoms with Crippen LogP contribution in [0.5, 0.6) is 0 Å². The van der Waals surface area contributed by atoms with Gasteiger partial charge in [-0.3, -0.25) is 4.90 Å². The Morgan fingerprint density at radius 1 is 1.30 bits per heavy atom. The van der Waals surface area contributed by atoms with E-state index in [2.05, 4.69) is 64.3 Å². The summed E-state index contributed by atoms with van der Waals surface area (Å²) in [6, 6.07) is 9.28. The lowest BCUT2D eigenvalue weighted by Gasteiger charge is -2.32. The van der Waals surface area contributed by atoms with E-state index in [1.54, 1.807) is 0 Å². The quantitative estimate of drug-likeness (QED) is 0.850. The van der Waals surface area contributed by atoms with Gasteiger partial charge in [0.1, 0.15) is 0 Å². The predicted octanol–water partition coefficient (Wildman–Crippen LogP) is 4.08. The summed E-state index contributed by atoms with van der Waals surface area (Å²) in [6.07, 6.45) is 2.64. The maximum absolute atomic E-state index is 3.56. The molecule has 114 valence electrons. The Bertz CT molecular complexity index is 392. The highest BCUT2D eigenvalue weighted by atomic mass is 79.9. The minimum absolute atomic E-state index is 0. The van der Waals surface area contributed by atoms with E-state index in [-0.39, 0.29) is 12.4 Å². The molecule has 4 heteroatoms. The maximum atomic E-state index is 3.56. The second-order valence-corrected chi connectivity index (χ2v) is 6.76. The van der Waals surface area contributed by atoms with Gasteiger partial charge in [0.2, 0.25) is 0 Å². The van der Waals surface area contributed by atoms with E-state index in [9.17, 15) is 0 Å². The third kappa shape index (κ3) is 5.72. The fourth-order valence-corrected chi connectivity index (χ4v) is 3.17. The first kappa shape index (κ1) is 18.0. The average molecular weight is 362 g/mol. The zero-order valence-corrected chi connectivity index (χ0v) is 14.8. The highest BCUT2D eigenvalue weighted by molar-refractivity contribution is 9.10. The Morgan fingerprint density at radius 2 is 2.00 bits per heavy atom. The molecule has 0 spiro atoms. The van der Waals surface area contributed by atoms with Gasteiger partial charge in [-0.1, -0.05) is 28.1 Å². The molecule has 0 unspecified atom stereocenters. The third-order valence-corrected chi connectivity index (χ3v) is 4.45. The van der Waals surface area contributed by atoms with Gasteiger partial charge in [0.15, 0.2) is 0 Å². The van der Waals surface area contributed by atoms with Gasteiger partial charge in [-0.15, -0.1) is 12.4 Å². The minimum atomic E-state index is 0. The molecule has 1 aliphatic rings. The lowest BCUT2D eigenvalue weighted by Crippen LogP contribution is -2.39. The molecule has 0 aliphatic carbocycles. The van der Waals surface area contributed by atoms with Crippen LogP contribution in [0.3, 0.4) is 0 Å². The Balaban J connectivity index is 0.00000200. The number of halogens is 2. The van der Waals surface area contributed by atoms with Gasteiger partial charge in [0.05, 0.1) is 0 Å². The molecule has 1 heterocycles. The van der Waals surface area contributed by atoms with Crippen molar-refractivity contribution in [2.24, 2.45) is 5.92 Å². The van der Waals surface area contributed by atoms with Gasteiger partial charge in [0.25, 0.3) is 0 Å². The van der Waals surface area contributed by atoms with E-state index in [1.165, 1.54) is 42.5 Å². The monoisotopic (exact) mass is 360 g/mol. The smallest absolute Gasteiger partial charge is 0.0236 e. The van der Waals surface area contributed by atoms with Crippen LogP contribution in [0.2, 0.25) is 0 Å². The highest BCUT2D eigenvalue weighted by Gasteiger charge is 2.19. The number of hydrogen-bond acceptors (Lipinski definition) is 2. The van der Waals surface area contributed by atoms with E-state index in [0.29, 0.717) is 6.04 Å². The molecule has 1 aromatic rings. The topological polar surface area (TPSA) is 15.3 Å². The van der Waals surface area contributed by atoms with Crippen molar-refractivity contribution in [1.82, 2.24) is 10.2 Å². The number of benzene rings is 1. The molecular weight excluding hydrogens is 336 g/mol. The minimum Gasteiger partial charge on any atom is -0.317 e. The van der Waals surface area contributed by atoms with Crippen LogP contribution in [0.4, 0.5) is 0 Å². The van der Waals surface area contributed by atoms with Gasteiger partial charge >= 0.3 is 0 Å². The highest BCUT2D eigenvalue weighted by Crippen LogP contribution is 2.19. The molecule has 0 bridgehead atoms. The van der Waals surface area contributed by atoms with Crippen LogP contribution in [0.15, 0.2) is 28.7 Å². The number of nitrogens with one attached hydrogen (secondary N) is 1. The molecule has 2 rings (SSSR count). The number of piperidine rings is 1. The second-order valence-electron chi connectivity index (χ2n) is 5.85. The van der Waals surface area contributed by atoms with Crippen molar-refractivity contribution in [3.05, 3.63) is 34.3 Å². The van der Waals surface area contributed by atoms with Crippen molar-refractivity contribution in [3.63, 3.8) is 0 Å². The number of hydrogen-bond donors (Lipinski definition) is 1. The molecule has 2 nitrogen and oxygen atoms in total. The fraction of sp³-hybridized carbons (Fsp3) is 0.625. The van der Waals surface area contributed by atoms with Crippen molar-refractivity contribution in [3.8, 4) is 0 Å². The van der Waals surface area contributed by atoms with Crippen molar-refractivity contribution < 1.29 is 0 Å². The molecule has 0 radical (unpaired) electrons. The van der Waals surface area contributed by atoms with Crippen LogP contribution < -0.4 is 5.32 Å². The first-order chi connectivity index (χ1) is 9.15. The largest absolute Gasteiger partial charge is 0.317 e. The lowest BCUT2D eigenvalue weighted by molar-refractivity contribution is 0.162. The summed E-state index contributed by atoms with van der Waals surface area (Å²) >= 11 is 3.56. The standard InChI is InChI=1S/C16H25BrN2.ClH/c1-13(2)19(11-14-6-8-18-9-7-14)12-15-4-3-5-16(17)10-15;/h3-5,10,13-14,18H,6-9,11-12H2,1-2H3;1H. The molecule has 1 aromatic carbocycles. The zero-order valence-electron chi connectivity index (χ0n) is 12.4. The Labute approximate surface area is 137 Å². The van der Waals surface area contributed by atoms with Gasteiger partial charge in [-0.25, -0.2) is 0 Å². The van der Waals surface area contributed by atoms with Crippen LogP contribution >= 0.6 is 28.3 Å². The summed E-state index contributed by atoms with van der Waals surface area (Å²) in [7, 11) is 0. The van der Waals surface area contributed by atoms with Gasteiger partial charge < -0.3 is 5.32 Å². The molecule has 1 fully saturated rings. The molecule has 0 atom stereocenters. The summed E-state index contributed by atoms with van der Waals surface area (Å²) in [5.41, 5.74) is 1.40. The molecule has 1 aliphatic heterocycles. The molecule has 1 N–H and O–H groups in total. The van der Waals surface area contributed by atoms with Crippen molar-refractivity contribution in [2.75, 3.05) is 19.6 Å². The average Bonchev–Trinajstić information content (AvgIpc) is 2.39. The van der Waals surface area contributed by atoms with Crippen molar-refractivity contribution in [2.45, 2.75) is 39.3 Å². The van der Waals surface area contributed by atoms with Crippen LogP contribution in [0.25, 0.3) is 0 Å². The van der Waals surface area contributed by atoms with Crippen LogP contribution in [0, 0.1) is 5.92 Å². The second kappa shape index (κ2) is 9.04. The molecule has 0 amide bonds. The Morgan fingerprint density at radius 3 is 2.60 bits per heavy atom. The van der Waals surface area contributed by atoms with E-state index in [4.69, 9.17) is 0 Å². The van der Waals surface area contributed by atoms with Gasteiger partial charge in [-0.2, -0.15) is 0 Å². The summed E-state index contributed by atoms with van der Waals surface area (Å²) in [5.74, 6) is 0.857. The summed E-state index contributed by atoms with van der Waals surface area (Å²) < 4.78 is 1.18. The van der Waals surface area contributed by atoms with E-state index in [0.717, 1.165) is 12.5 Å². The SMILES string of the molecule is CC(C)N(Cc1cccc(Br)c1)CC1CCNCC1.Cl. The molecule has 20 heavy (non-hydrogen) atoms. The van der Waals surface area contributed by atoms with Crippen LogP contribution in [-0.2, 0) is 6.54 Å². The van der Waals surface area contributed by atoms with E-state index >= 15 is 0 Å². The van der Waals surface area contributed by atoms with Crippen molar-refractivity contribution in [1.29, 1.82) is 0 Å². The predicted molar refractivity (Wildman–Crippen MR) is 92.5 cm³/mol. The summed E-state index contributed by atoms with van der Waals surface area (Å²) in [6.45, 7) is 9.27. The van der Waals surface area contributed by atoms with Gasteiger partial charge in [0, 0.05) is 23.6 Å². The first-order valence-corrected chi connectivity index (χ1v) is 8.13. The summed E-state index contributed by atoms with van der Waals surface area (Å²) in [4.78, 5) is 2.61. The Kier molecular flexibility index (Phi) is 8.11. The number of rotatable bonds is 5. The molecule has 0 saturated carbocycles. The van der Waals surface area contributed by atoms with Crippen LogP contribution in [0.1, 0.15) is 32.3 Å². The first-order valence-electron chi connectivity index (χ1n) is 7.34. The van der Waals surface area contributed by atoms with Crippen molar-refractivity contribution >= 4 is 28.3 Å². The third-order valence-electron chi connectivity index (χ3n) is 3.96. The fourth-order valence-electron chi connectivity index (χ4n) is 2.72. The zero-order chi connectivity index (χ0) is 13.7. The normalized spacial score (nSPS) is 16.4. The lowest BCUT2D eigenvalue weighted by atomic mass is 9.97. The van der Waals surface area contributed by atoms with Crippen LogP contribution in [-0.4, -0.2) is 30.6 Å². The van der Waals surface area contributed by atoms with E-state index in [1.807, 2.05) is 0 Å². The maximum Gasteiger partial charge on any atom is 0.0236 e. The van der Waals surface area contributed by atoms with E-state index < -0.39 is 0 Å². The van der Waals surface area contributed by atoms with Gasteiger partial charge in [-0.05, 0) is 63.4 Å². The molecule has 0 aromatic heterocycles.